The van der Waals surface area contributed by atoms with Gasteiger partial charge in [0.15, 0.2) is 5.82 Å². The Kier molecular flexibility index (Phi) is 5.74. The lowest BCUT2D eigenvalue weighted by atomic mass is 9.96. The summed E-state index contributed by atoms with van der Waals surface area (Å²) < 4.78 is 2.19. The van der Waals surface area contributed by atoms with Crippen LogP contribution < -0.4 is 0 Å². The van der Waals surface area contributed by atoms with Crippen molar-refractivity contribution >= 4 is 11.9 Å². The van der Waals surface area contributed by atoms with Crippen LogP contribution in [0.1, 0.15) is 41.5 Å². The monoisotopic (exact) mass is 410 g/mol. The van der Waals surface area contributed by atoms with Gasteiger partial charge >= 0.3 is 6.03 Å². The molecule has 0 spiro atoms. The molecule has 1 aromatic carbocycles. The van der Waals surface area contributed by atoms with Crippen LogP contribution in [0.15, 0.2) is 24.3 Å². The fraction of sp³-hybridized carbons (Fsp3) is 0.545. The third kappa shape index (κ3) is 4.04. The number of fused-ring (bicyclic) bond motifs is 1. The maximum absolute atomic E-state index is 12.8. The summed E-state index contributed by atoms with van der Waals surface area (Å²) in [5.41, 5.74) is 2.22. The van der Waals surface area contributed by atoms with Gasteiger partial charge in [-0.15, -0.1) is 10.2 Å². The summed E-state index contributed by atoms with van der Waals surface area (Å²) in [4.78, 5) is 30.4. The van der Waals surface area contributed by atoms with Crippen molar-refractivity contribution in [1.82, 2.24) is 29.5 Å². The highest BCUT2D eigenvalue weighted by atomic mass is 16.2. The molecule has 2 aliphatic heterocycles. The zero-order valence-corrected chi connectivity index (χ0v) is 18.0. The van der Waals surface area contributed by atoms with Crippen LogP contribution in [0.5, 0.6) is 0 Å². The number of benzene rings is 1. The van der Waals surface area contributed by atoms with Crippen molar-refractivity contribution in [1.29, 1.82) is 0 Å². The summed E-state index contributed by atoms with van der Waals surface area (Å²) in [5, 5.41) is 8.88. The molecule has 4 rings (SSSR count). The molecule has 1 saturated heterocycles. The van der Waals surface area contributed by atoms with E-state index in [1.807, 2.05) is 41.0 Å². The third-order valence-electron chi connectivity index (χ3n) is 6.25. The highest BCUT2D eigenvalue weighted by Crippen LogP contribution is 2.29. The number of rotatable bonds is 3. The van der Waals surface area contributed by atoms with E-state index < -0.39 is 0 Å². The van der Waals surface area contributed by atoms with Crippen molar-refractivity contribution in [3.05, 3.63) is 47.0 Å². The van der Waals surface area contributed by atoms with Crippen molar-refractivity contribution in [2.45, 2.75) is 45.2 Å². The number of aromatic nitrogens is 3. The Bertz CT molecular complexity index is 929. The lowest BCUT2D eigenvalue weighted by Crippen LogP contribution is -2.44. The topological polar surface area (TPSA) is 74.6 Å². The lowest BCUT2D eigenvalue weighted by molar-refractivity contribution is -0.132. The summed E-state index contributed by atoms with van der Waals surface area (Å²) in [6, 6.07) is 8.10. The Balaban J connectivity index is 1.38. The highest BCUT2D eigenvalue weighted by Gasteiger charge is 2.31. The first-order chi connectivity index (χ1) is 14.4. The molecule has 0 aliphatic carbocycles. The predicted octanol–water partition coefficient (Wildman–Crippen LogP) is 2.03. The molecule has 2 aliphatic rings. The maximum Gasteiger partial charge on any atom is 0.319 e. The molecule has 2 aromatic rings. The molecule has 1 fully saturated rings. The van der Waals surface area contributed by atoms with Crippen LogP contribution in [0, 0.1) is 6.92 Å². The van der Waals surface area contributed by atoms with E-state index >= 15 is 0 Å². The van der Waals surface area contributed by atoms with Gasteiger partial charge in [0.25, 0.3) is 0 Å². The maximum atomic E-state index is 12.8. The smallest absolute Gasteiger partial charge is 0.319 e. The number of aryl methyl sites for hydroxylation is 1. The average molecular weight is 411 g/mol. The quantitative estimate of drug-likeness (QED) is 0.776. The van der Waals surface area contributed by atoms with E-state index in [2.05, 4.69) is 14.8 Å². The van der Waals surface area contributed by atoms with Gasteiger partial charge in [0.05, 0.1) is 13.0 Å². The van der Waals surface area contributed by atoms with E-state index in [0.717, 1.165) is 55.3 Å². The van der Waals surface area contributed by atoms with Crippen molar-refractivity contribution in [2.24, 2.45) is 0 Å². The molecule has 3 heterocycles. The van der Waals surface area contributed by atoms with Crippen LogP contribution in [-0.2, 0) is 24.3 Å². The van der Waals surface area contributed by atoms with Crippen molar-refractivity contribution < 1.29 is 9.59 Å². The Morgan fingerprint density at radius 3 is 2.47 bits per heavy atom. The number of hydrogen-bond acceptors (Lipinski definition) is 4. The Labute approximate surface area is 177 Å². The Morgan fingerprint density at radius 2 is 1.77 bits per heavy atom. The van der Waals surface area contributed by atoms with E-state index in [9.17, 15) is 9.59 Å². The van der Waals surface area contributed by atoms with Crippen LogP contribution in [0.4, 0.5) is 4.79 Å². The van der Waals surface area contributed by atoms with Crippen LogP contribution in [0.2, 0.25) is 0 Å². The number of hydrogen-bond donors (Lipinski definition) is 0. The van der Waals surface area contributed by atoms with E-state index in [0.29, 0.717) is 25.4 Å². The van der Waals surface area contributed by atoms with Crippen molar-refractivity contribution in [3.8, 4) is 0 Å². The lowest BCUT2D eigenvalue weighted by Gasteiger charge is -2.34. The molecule has 1 aromatic heterocycles. The van der Waals surface area contributed by atoms with Crippen LogP contribution in [-0.4, -0.2) is 75.1 Å². The molecule has 8 heteroatoms. The molecule has 3 amide bonds. The number of likely N-dealkylation sites (tertiary alicyclic amines) is 1. The summed E-state index contributed by atoms with van der Waals surface area (Å²) in [6.45, 7) is 5.44. The minimum Gasteiger partial charge on any atom is -0.333 e. The molecular weight excluding hydrogens is 380 g/mol. The molecule has 30 heavy (non-hydrogen) atoms. The SMILES string of the molecule is Cc1ccccc1CC(=O)N1CCn2c(nnc2C2CCN(C(=O)N(C)C)CC2)C1. The van der Waals surface area contributed by atoms with Gasteiger partial charge in [-0.1, -0.05) is 24.3 Å². The molecule has 0 saturated carbocycles. The van der Waals surface area contributed by atoms with E-state index in [1.165, 1.54) is 0 Å². The molecule has 0 radical (unpaired) electrons. The first-order valence-corrected chi connectivity index (χ1v) is 10.6. The zero-order valence-electron chi connectivity index (χ0n) is 18.0. The minimum absolute atomic E-state index is 0.0690. The number of nitrogens with zero attached hydrogens (tertiary/aromatic N) is 6. The van der Waals surface area contributed by atoms with E-state index in [4.69, 9.17) is 0 Å². The van der Waals surface area contributed by atoms with Crippen molar-refractivity contribution in [3.63, 3.8) is 0 Å². The molecule has 160 valence electrons. The molecule has 0 bridgehead atoms. The third-order valence-corrected chi connectivity index (χ3v) is 6.25. The Morgan fingerprint density at radius 1 is 1.03 bits per heavy atom. The van der Waals surface area contributed by atoms with Crippen LogP contribution in [0.3, 0.4) is 0 Å². The van der Waals surface area contributed by atoms with Gasteiger partial charge in [0.2, 0.25) is 5.91 Å². The second-order valence-electron chi connectivity index (χ2n) is 8.48. The highest BCUT2D eigenvalue weighted by molar-refractivity contribution is 5.79. The largest absolute Gasteiger partial charge is 0.333 e. The normalized spacial score (nSPS) is 17.0. The van der Waals surface area contributed by atoms with Crippen LogP contribution in [0.25, 0.3) is 0 Å². The first kappa shape index (κ1) is 20.4. The molecular formula is C22H30N6O2. The summed E-state index contributed by atoms with van der Waals surface area (Å²) in [5.74, 6) is 2.32. The zero-order chi connectivity index (χ0) is 21.3. The number of amides is 3. The number of urea groups is 1. The predicted molar refractivity (Wildman–Crippen MR) is 113 cm³/mol. The summed E-state index contributed by atoms with van der Waals surface area (Å²) in [6.07, 6.45) is 2.22. The first-order valence-electron chi connectivity index (χ1n) is 10.6. The van der Waals surface area contributed by atoms with Gasteiger partial charge in [-0.2, -0.15) is 0 Å². The fourth-order valence-corrected chi connectivity index (χ4v) is 4.39. The minimum atomic E-state index is 0.0690. The van der Waals surface area contributed by atoms with Gasteiger partial charge in [-0.25, -0.2) is 4.79 Å². The standard InChI is InChI=1S/C22H30N6O2/c1-16-6-4-5-7-18(16)14-20(29)27-12-13-28-19(15-27)23-24-21(28)17-8-10-26(11-9-17)22(30)25(2)3/h4-7,17H,8-15H2,1-3H3. The van der Waals surface area contributed by atoms with Gasteiger partial charge in [0.1, 0.15) is 5.82 Å². The van der Waals surface area contributed by atoms with E-state index in [1.54, 1.807) is 19.0 Å². The van der Waals surface area contributed by atoms with E-state index in [-0.39, 0.29) is 11.9 Å². The number of piperidine rings is 1. The summed E-state index contributed by atoms with van der Waals surface area (Å²) in [7, 11) is 3.57. The second-order valence-corrected chi connectivity index (χ2v) is 8.48. The average Bonchev–Trinajstić information content (AvgIpc) is 3.18. The van der Waals surface area contributed by atoms with Gasteiger partial charge in [0, 0.05) is 46.2 Å². The molecule has 8 nitrogen and oxygen atoms in total. The number of carbonyl (C=O) groups is 2. The van der Waals surface area contributed by atoms with Gasteiger partial charge < -0.3 is 19.3 Å². The van der Waals surface area contributed by atoms with Gasteiger partial charge in [-0.3, -0.25) is 4.79 Å². The van der Waals surface area contributed by atoms with Crippen LogP contribution >= 0.6 is 0 Å². The molecule has 0 unspecified atom stereocenters. The number of carbonyl (C=O) groups excluding carboxylic acids is 2. The second kappa shape index (κ2) is 8.45. The molecule has 0 atom stereocenters. The Hall–Kier alpha value is -2.90. The summed E-state index contributed by atoms with van der Waals surface area (Å²) >= 11 is 0. The van der Waals surface area contributed by atoms with Gasteiger partial charge in [-0.05, 0) is 30.9 Å². The molecule has 0 N–H and O–H groups in total. The van der Waals surface area contributed by atoms with Crippen molar-refractivity contribution in [2.75, 3.05) is 33.7 Å². The fourth-order valence-electron chi connectivity index (χ4n) is 4.39.